The number of fused-ring (bicyclic) bond motifs is 1. The van der Waals surface area contributed by atoms with Crippen molar-refractivity contribution in [3.8, 4) is 0 Å². The highest BCUT2D eigenvalue weighted by Crippen LogP contribution is 2.22. The van der Waals surface area contributed by atoms with Crippen molar-refractivity contribution in [3.05, 3.63) is 35.5 Å². The Labute approximate surface area is 144 Å². The van der Waals surface area contributed by atoms with Crippen LogP contribution in [0.25, 0.3) is 10.9 Å². The number of carboxylic acid groups (broad SMARTS) is 2. The zero-order valence-electron chi connectivity index (χ0n) is 13.8. The first-order valence-electron chi connectivity index (χ1n) is 7.85. The molecule has 1 amide bonds. The number of carbonyl (C=O) groups is 3. The van der Waals surface area contributed by atoms with E-state index in [0.29, 0.717) is 0 Å². The molecular formula is C17H21N3O5. The molecule has 6 N–H and O–H groups in total. The average Bonchev–Trinajstić information content (AvgIpc) is 2.96. The van der Waals surface area contributed by atoms with Crippen LogP contribution in [-0.2, 0) is 20.8 Å². The third-order valence-corrected chi connectivity index (χ3v) is 4.05. The monoisotopic (exact) mass is 347 g/mol. The molecule has 25 heavy (non-hydrogen) atoms. The van der Waals surface area contributed by atoms with Gasteiger partial charge in [0.05, 0.1) is 6.04 Å². The molecule has 0 saturated carbocycles. The summed E-state index contributed by atoms with van der Waals surface area (Å²) in [7, 11) is 0. The number of carbonyl (C=O) groups excluding carboxylic acids is 1. The van der Waals surface area contributed by atoms with Gasteiger partial charge in [0.25, 0.3) is 0 Å². The van der Waals surface area contributed by atoms with Gasteiger partial charge in [0.2, 0.25) is 5.91 Å². The minimum atomic E-state index is -1.18. The van der Waals surface area contributed by atoms with Gasteiger partial charge in [-0.1, -0.05) is 18.2 Å². The summed E-state index contributed by atoms with van der Waals surface area (Å²) in [5.41, 5.74) is 8.35. The summed E-state index contributed by atoms with van der Waals surface area (Å²) < 4.78 is 0. The Bertz CT molecular complexity index is 799. The van der Waals surface area contributed by atoms with Gasteiger partial charge in [0.1, 0.15) is 6.04 Å². The molecule has 0 bridgehead atoms. The number of aromatic nitrogens is 1. The maximum atomic E-state index is 12.0. The minimum absolute atomic E-state index is 0.0558. The molecule has 2 aromatic rings. The summed E-state index contributed by atoms with van der Waals surface area (Å²) in [6, 6.07) is 3.49. The molecule has 0 radical (unpaired) electrons. The Morgan fingerprint density at radius 3 is 2.64 bits per heavy atom. The highest BCUT2D eigenvalue weighted by molar-refractivity contribution is 5.89. The van der Waals surface area contributed by atoms with Crippen molar-refractivity contribution in [1.29, 1.82) is 0 Å². The summed E-state index contributed by atoms with van der Waals surface area (Å²) in [4.78, 5) is 37.2. The van der Waals surface area contributed by atoms with Crippen molar-refractivity contribution in [3.63, 3.8) is 0 Å². The highest BCUT2D eigenvalue weighted by atomic mass is 16.4. The smallest absolute Gasteiger partial charge is 0.326 e. The average molecular weight is 347 g/mol. The molecule has 0 unspecified atom stereocenters. The van der Waals surface area contributed by atoms with Crippen LogP contribution >= 0.6 is 0 Å². The molecule has 134 valence electrons. The van der Waals surface area contributed by atoms with Crippen LogP contribution in [0.1, 0.15) is 24.0 Å². The van der Waals surface area contributed by atoms with E-state index in [1.54, 1.807) is 6.20 Å². The molecule has 0 spiro atoms. The van der Waals surface area contributed by atoms with Gasteiger partial charge in [0, 0.05) is 29.9 Å². The molecule has 0 saturated heterocycles. The number of nitrogens with two attached hydrogens (primary N) is 1. The van der Waals surface area contributed by atoms with Crippen LogP contribution < -0.4 is 11.1 Å². The van der Waals surface area contributed by atoms with Gasteiger partial charge in [-0.3, -0.25) is 9.59 Å². The Balaban J connectivity index is 2.10. The van der Waals surface area contributed by atoms with Crippen molar-refractivity contribution in [1.82, 2.24) is 10.3 Å². The van der Waals surface area contributed by atoms with Crippen molar-refractivity contribution in [2.75, 3.05) is 0 Å². The number of amides is 1. The predicted molar refractivity (Wildman–Crippen MR) is 91.2 cm³/mol. The molecule has 2 atom stereocenters. The molecule has 0 aliphatic rings. The predicted octanol–water partition coefficient (Wildman–Crippen LogP) is 0.780. The van der Waals surface area contributed by atoms with Gasteiger partial charge in [-0.15, -0.1) is 0 Å². The van der Waals surface area contributed by atoms with Crippen LogP contribution in [0, 0.1) is 6.92 Å². The number of aryl methyl sites for hydroxylation is 1. The fourth-order valence-electron chi connectivity index (χ4n) is 2.64. The van der Waals surface area contributed by atoms with Crippen molar-refractivity contribution in [2.45, 2.75) is 38.3 Å². The normalized spacial score (nSPS) is 13.4. The van der Waals surface area contributed by atoms with Gasteiger partial charge >= 0.3 is 11.9 Å². The number of hydrogen-bond donors (Lipinski definition) is 5. The number of hydrogen-bond acceptors (Lipinski definition) is 4. The third kappa shape index (κ3) is 4.57. The lowest BCUT2D eigenvalue weighted by molar-refractivity contribution is -0.142. The first-order valence-corrected chi connectivity index (χ1v) is 7.85. The van der Waals surface area contributed by atoms with Gasteiger partial charge in [-0.2, -0.15) is 0 Å². The largest absolute Gasteiger partial charge is 0.481 e. The number of aromatic amines is 1. The third-order valence-electron chi connectivity index (χ3n) is 4.05. The second-order valence-corrected chi connectivity index (χ2v) is 5.95. The molecule has 0 fully saturated rings. The topological polar surface area (TPSA) is 146 Å². The lowest BCUT2D eigenvalue weighted by Gasteiger charge is -2.17. The van der Waals surface area contributed by atoms with E-state index >= 15 is 0 Å². The molecule has 1 aromatic heterocycles. The van der Waals surface area contributed by atoms with E-state index in [-0.39, 0.29) is 19.3 Å². The number of rotatable bonds is 8. The van der Waals surface area contributed by atoms with Crippen LogP contribution in [0.15, 0.2) is 24.4 Å². The van der Waals surface area contributed by atoms with Gasteiger partial charge < -0.3 is 26.2 Å². The lowest BCUT2D eigenvalue weighted by atomic mass is 10.0. The Morgan fingerprint density at radius 1 is 1.28 bits per heavy atom. The maximum Gasteiger partial charge on any atom is 0.326 e. The maximum absolute atomic E-state index is 12.0. The van der Waals surface area contributed by atoms with Crippen molar-refractivity contribution < 1.29 is 24.6 Å². The summed E-state index contributed by atoms with van der Waals surface area (Å²) in [5, 5.41) is 21.3. The van der Waals surface area contributed by atoms with E-state index in [1.807, 2.05) is 25.1 Å². The van der Waals surface area contributed by atoms with Crippen LogP contribution in [0.3, 0.4) is 0 Å². The van der Waals surface area contributed by atoms with Crippen molar-refractivity contribution >= 4 is 28.7 Å². The Kier molecular flexibility index (Phi) is 5.76. The fourth-order valence-corrected chi connectivity index (χ4v) is 2.64. The number of para-hydroxylation sites is 1. The number of aliphatic carboxylic acids is 2. The van der Waals surface area contributed by atoms with E-state index in [0.717, 1.165) is 22.0 Å². The Hall–Kier alpha value is -2.87. The summed E-state index contributed by atoms with van der Waals surface area (Å²) in [6.45, 7) is 1.94. The number of H-pyrrole nitrogens is 1. The molecule has 8 heteroatoms. The van der Waals surface area contributed by atoms with Crippen LogP contribution in [0.2, 0.25) is 0 Å². The molecule has 0 aliphatic carbocycles. The molecular weight excluding hydrogens is 326 g/mol. The highest BCUT2D eigenvalue weighted by Gasteiger charge is 2.25. The number of nitrogens with one attached hydrogen (secondary N) is 2. The second-order valence-electron chi connectivity index (χ2n) is 5.95. The molecule has 1 heterocycles. The zero-order valence-corrected chi connectivity index (χ0v) is 13.8. The lowest BCUT2D eigenvalue weighted by Crippen LogP contribution is -2.49. The van der Waals surface area contributed by atoms with E-state index in [2.05, 4.69) is 10.3 Å². The van der Waals surface area contributed by atoms with Crippen LogP contribution in [0.4, 0.5) is 0 Å². The van der Waals surface area contributed by atoms with Gasteiger partial charge in [-0.05, 0) is 24.5 Å². The standard InChI is InChI=1S/C17H21N3O5/c1-9-3-2-4-11-10(8-19-15(9)11)7-13(17(24)25)20-16(23)12(18)5-6-14(21)22/h2-4,8,12-13,19H,5-7,18H2,1H3,(H,20,23)(H,21,22)(H,24,25)/t12-,13-/m0/s1. The van der Waals surface area contributed by atoms with E-state index in [9.17, 15) is 19.5 Å². The molecule has 2 rings (SSSR count). The van der Waals surface area contributed by atoms with E-state index < -0.39 is 29.9 Å². The SMILES string of the molecule is Cc1cccc2c(C[C@H](NC(=O)[C@@H](N)CCC(=O)O)C(=O)O)c[nH]c12. The fraction of sp³-hybridized carbons (Fsp3) is 0.353. The molecule has 0 aliphatic heterocycles. The van der Waals surface area contributed by atoms with E-state index in [4.69, 9.17) is 10.8 Å². The summed E-state index contributed by atoms with van der Waals surface area (Å²) in [5.74, 6) is -2.92. The molecule has 1 aromatic carbocycles. The van der Waals surface area contributed by atoms with Gasteiger partial charge in [0.15, 0.2) is 0 Å². The number of carboxylic acids is 2. The minimum Gasteiger partial charge on any atom is -0.481 e. The first kappa shape index (κ1) is 18.5. The van der Waals surface area contributed by atoms with Crippen LogP contribution in [0.5, 0.6) is 0 Å². The second kappa shape index (κ2) is 7.80. The number of benzene rings is 1. The van der Waals surface area contributed by atoms with Crippen LogP contribution in [-0.4, -0.2) is 45.1 Å². The summed E-state index contributed by atoms with van der Waals surface area (Å²) >= 11 is 0. The van der Waals surface area contributed by atoms with Crippen molar-refractivity contribution in [2.24, 2.45) is 5.73 Å². The molecule has 8 nitrogen and oxygen atoms in total. The first-order chi connectivity index (χ1) is 11.8. The quantitative estimate of drug-likeness (QED) is 0.477. The Morgan fingerprint density at radius 2 is 2.00 bits per heavy atom. The zero-order chi connectivity index (χ0) is 18.6. The summed E-state index contributed by atoms with van der Waals surface area (Å²) in [6.07, 6.45) is 1.51. The van der Waals surface area contributed by atoms with E-state index in [1.165, 1.54) is 0 Å². The van der Waals surface area contributed by atoms with Gasteiger partial charge in [-0.25, -0.2) is 4.79 Å².